The lowest BCUT2D eigenvalue weighted by atomic mass is 9.97. The summed E-state index contributed by atoms with van der Waals surface area (Å²) in [6.45, 7) is 3.94. The van der Waals surface area contributed by atoms with Gasteiger partial charge in [0.05, 0.1) is 0 Å². The topological polar surface area (TPSA) is 52.6 Å². The van der Waals surface area contributed by atoms with Gasteiger partial charge < -0.3 is 4.90 Å². The molecule has 1 aliphatic heterocycles. The van der Waals surface area contributed by atoms with E-state index in [1.54, 1.807) is 11.5 Å². The van der Waals surface area contributed by atoms with E-state index in [2.05, 4.69) is 4.90 Å². The second-order valence-corrected chi connectivity index (χ2v) is 6.03. The predicted octanol–water partition coefficient (Wildman–Crippen LogP) is 2.82. The zero-order valence-corrected chi connectivity index (χ0v) is 13.1. The van der Waals surface area contributed by atoms with Crippen molar-refractivity contribution in [3.8, 4) is 0 Å². The first-order valence-corrected chi connectivity index (χ1v) is 8.02. The molecule has 1 amide bonds. The minimum absolute atomic E-state index is 0.158. The molecule has 0 unspecified atom stereocenters. The summed E-state index contributed by atoms with van der Waals surface area (Å²) in [5.74, 6) is -0.499. The van der Waals surface area contributed by atoms with Crippen LogP contribution in [0, 0.1) is 12.7 Å². The molecule has 4 nitrogen and oxygen atoms in total. The summed E-state index contributed by atoms with van der Waals surface area (Å²) in [6.07, 6.45) is 5.15. The van der Waals surface area contributed by atoms with Crippen molar-refractivity contribution in [1.29, 1.82) is 0 Å². The minimum atomic E-state index is -0.342. The molecule has 1 atom stereocenters. The summed E-state index contributed by atoms with van der Waals surface area (Å²) in [5, 5.41) is 8.63. The fraction of sp³-hybridized carbons (Fsp3) is 0.588. The van der Waals surface area contributed by atoms with Crippen molar-refractivity contribution in [3.63, 3.8) is 0 Å². The van der Waals surface area contributed by atoms with E-state index in [0.29, 0.717) is 12.5 Å². The van der Waals surface area contributed by atoms with E-state index in [0.717, 1.165) is 43.5 Å². The second kappa shape index (κ2) is 8.25. The Morgan fingerprint density at radius 2 is 2.09 bits per heavy atom. The summed E-state index contributed by atoms with van der Waals surface area (Å²) in [7, 11) is 0. The van der Waals surface area contributed by atoms with Crippen LogP contribution in [0.2, 0.25) is 0 Å². The van der Waals surface area contributed by atoms with Crippen molar-refractivity contribution < 1.29 is 14.4 Å². The summed E-state index contributed by atoms with van der Waals surface area (Å²) in [4.78, 5) is 13.7. The second-order valence-electron chi connectivity index (χ2n) is 6.03. The first-order chi connectivity index (χ1) is 10.6. The molecule has 1 fully saturated rings. The highest BCUT2D eigenvalue weighted by atomic mass is 19.1. The van der Waals surface area contributed by atoms with Crippen molar-refractivity contribution in [3.05, 3.63) is 35.1 Å². The minimum Gasteiger partial charge on any atom is -0.300 e. The molecule has 0 aromatic heterocycles. The highest BCUT2D eigenvalue weighted by molar-refractivity contribution is 5.74. The number of hydrogen-bond donors (Lipinski definition) is 2. The number of hydroxylamine groups is 1. The third-order valence-electron chi connectivity index (χ3n) is 4.61. The first kappa shape index (κ1) is 16.9. The third kappa shape index (κ3) is 4.52. The maximum Gasteiger partial charge on any atom is 0.243 e. The molecule has 0 radical (unpaired) electrons. The molecule has 1 saturated heterocycles. The maximum absolute atomic E-state index is 13.6. The van der Waals surface area contributed by atoms with Crippen LogP contribution in [0.25, 0.3) is 0 Å². The van der Waals surface area contributed by atoms with Gasteiger partial charge in [-0.2, -0.15) is 0 Å². The van der Waals surface area contributed by atoms with Gasteiger partial charge in [0.15, 0.2) is 0 Å². The van der Waals surface area contributed by atoms with Crippen LogP contribution >= 0.6 is 0 Å². The smallest absolute Gasteiger partial charge is 0.243 e. The molecule has 2 N–H and O–H groups in total. The van der Waals surface area contributed by atoms with Crippen LogP contribution in [0.5, 0.6) is 0 Å². The average molecular weight is 308 g/mol. The van der Waals surface area contributed by atoms with Gasteiger partial charge >= 0.3 is 0 Å². The molecule has 0 aliphatic carbocycles. The van der Waals surface area contributed by atoms with Crippen LogP contribution < -0.4 is 5.48 Å². The van der Waals surface area contributed by atoms with Crippen molar-refractivity contribution in [2.45, 2.75) is 51.5 Å². The summed E-state index contributed by atoms with van der Waals surface area (Å²) < 4.78 is 13.6. The zero-order chi connectivity index (χ0) is 15.9. The van der Waals surface area contributed by atoms with Gasteiger partial charge in [0.2, 0.25) is 5.91 Å². The number of amides is 1. The lowest BCUT2D eigenvalue weighted by Gasteiger charge is -2.27. The average Bonchev–Trinajstić information content (AvgIpc) is 3.05. The number of nitrogens with zero attached hydrogens (tertiary/aromatic N) is 1. The van der Waals surface area contributed by atoms with Gasteiger partial charge in [0.1, 0.15) is 5.82 Å². The number of likely N-dealkylation sites (tertiary alicyclic amines) is 1. The fourth-order valence-electron chi connectivity index (χ4n) is 3.21. The number of carbonyl (C=O) groups excluding carboxylic acids is 1. The van der Waals surface area contributed by atoms with Gasteiger partial charge in [0.25, 0.3) is 0 Å². The molecule has 5 heteroatoms. The van der Waals surface area contributed by atoms with E-state index in [1.165, 1.54) is 18.9 Å². The van der Waals surface area contributed by atoms with E-state index >= 15 is 0 Å². The van der Waals surface area contributed by atoms with Crippen LogP contribution in [-0.4, -0.2) is 35.1 Å². The van der Waals surface area contributed by atoms with E-state index in [-0.39, 0.29) is 11.7 Å². The number of rotatable bonds is 7. The first-order valence-electron chi connectivity index (χ1n) is 8.02. The Morgan fingerprint density at radius 1 is 1.36 bits per heavy atom. The Morgan fingerprint density at radius 3 is 2.77 bits per heavy atom. The SMILES string of the molecule is Cc1c(F)cccc1CC[C@@H](CCC(=O)NO)N1CCCC1. The predicted molar refractivity (Wildman–Crippen MR) is 83.2 cm³/mol. The van der Waals surface area contributed by atoms with E-state index in [1.807, 2.05) is 13.0 Å². The third-order valence-corrected chi connectivity index (χ3v) is 4.61. The van der Waals surface area contributed by atoms with E-state index in [9.17, 15) is 9.18 Å². The van der Waals surface area contributed by atoms with E-state index in [4.69, 9.17) is 5.21 Å². The van der Waals surface area contributed by atoms with Gasteiger partial charge in [-0.1, -0.05) is 12.1 Å². The molecular weight excluding hydrogens is 283 g/mol. The van der Waals surface area contributed by atoms with Crippen LogP contribution in [0.1, 0.15) is 43.2 Å². The van der Waals surface area contributed by atoms with Crippen LogP contribution in [-0.2, 0) is 11.2 Å². The number of aryl methyl sites for hydroxylation is 1. The Kier molecular flexibility index (Phi) is 6.34. The Hall–Kier alpha value is -1.46. The van der Waals surface area contributed by atoms with Gasteiger partial charge in [-0.15, -0.1) is 0 Å². The van der Waals surface area contributed by atoms with Crippen molar-refractivity contribution >= 4 is 5.91 Å². The van der Waals surface area contributed by atoms with Crippen LogP contribution in [0.3, 0.4) is 0 Å². The number of hydrogen-bond acceptors (Lipinski definition) is 3. The van der Waals surface area contributed by atoms with Gasteiger partial charge in [-0.3, -0.25) is 10.0 Å². The van der Waals surface area contributed by atoms with Crippen molar-refractivity contribution in [2.24, 2.45) is 0 Å². The Labute approximate surface area is 131 Å². The molecule has 22 heavy (non-hydrogen) atoms. The standard InChI is InChI=1S/C17H25FN2O2/c1-13-14(5-4-6-16(13)18)7-8-15(9-10-17(21)19-22)20-11-2-3-12-20/h4-6,15,22H,2-3,7-12H2,1H3,(H,19,21)/t15-/m0/s1. The van der Waals surface area contributed by atoms with Gasteiger partial charge in [-0.25, -0.2) is 9.87 Å². The van der Waals surface area contributed by atoms with Crippen molar-refractivity contribution in [1.82, 2.24) is 10.4 Å². The molecule has 1 aromatic carbocycles. The van der Waals surface area contributed by atoms with Crippen molar-refractivity contribution in [2.75, 3.05) is 13.1 Å². The molecular formula is C17H25FN2O2. The quantitative estimate of drug-likeness (QED) is 0.601. The molecule has 1 heterocycles. The fourth-order valence-corrected chi connectivity index (χ4v) is 3.21. The lowest BCUT2D eigenvalue weighted by molar-refractivity contribution is -0.129. The van der Waals surface area contributed by atoms with Crippen LogP contribution in [0.15, 0.2) is 18.2 Å². The summed E-state index contributed by atoms with van der Waals surface area (Å²) in [6, 6.07) is 5.52. The van der Waals surface area contributed by atoms with Gasteiger partial charge in [-0.05, 0) is 69.3 Å². The Balaban J connectivity index is 1.96. The molecule has 1 aromatic rings. The molecule has 0 spiro atoms. The summed E-state index contributed by atoms with van der Waals surface area (Å²) >= 11 is 0. The lowest BCUT2D eigenvalue weighted by Crippen LogP contribution is -2.34. The van der Waals surface area contributed by atoms with Crippen LogP contribution in [0.4, 0.5) is 4.39 Å². The van der Waals surface area contributed by atoms with E-state index < -0.39 is 0 Å². The highest BCUT2D eigenvalue weighted by Gasteiger charge is 2.22. The maximum atomic E-state index is 13.6. The molecule has 0 saturated carbocycles. The normalized spacial score (nSPS) is 16.7. The molecule has 2 rings (SSSR count). The molecule has 122 valence electrons. The number of nitrogens with one attached hydrogen (secondary N) is 1. The highest BCUT2D eigenvalue weighted by Crippen LogP contribution is 2.21. The summed E-state index contributed by atoms with van der Waals surface area (Å²) in [5.41, 5.74) is 3.45. The number of carbonyl (C=O) groups is 1. The van der Waals surface area contributed by atoms with Gasteiger partial charge in [0, 0.05) is 12.5 Å². The number of benzene rings is 1. The largest absolute Gasteiger partial charge is 0.300 e. The zero-order valence-electron chi connectivity index (χ0n) is 13.1. The number of halogens is 1. The molecule has 1 aliphatic rings. The Bertz CT molecular complexity index is 501. The monoisotopic (exact) mass is 308 g/mol. The molecule has 0 bridgehead atoms.